The molecule has 0 aliphatic heterocycles. The molecule has 0 bridgehead atoms. The lowest BCUT2D eigenvalue weighted by molar-refractivity contribution is -0.138. The van der Waals surface area contributed by atoms with Gasteiger partial charge >= 0.3 is 0 Å². The van der Waals surface area contributed by atoms with Gasteiger partial charge in [-0.3, -0.25) is 9.59 Å². The minimum absolute atomic E-state index is 0.0128. The van der Waals surface area contributed by atoms with E-state index in [1.54, 1.807) is 37.3 Å². The first-order valence-corrected chi connectivity index (χ1v) is 12.0. The van der Waals surface area contributed by atoms with Crippen molar-refractivity contribution in [3.05, 3.63) is 69.5 Å². The Balaban J connectivity index is 2.11. The smallest absolute Gasteiger partial charge is 0.242 e. The second kappa shape index (κ2) is 12.3. The van der Waals surface area contributed by atoms with Gasteiger partial charge in [0.25, 0.3) is 0 Å². The summed E-state index contributed by atoms with van der Waals surface area (Å²) in [5, 5.41) is 3.88. The number of hydrogen-bond donors (Lipinski definition) is 1. The van der Waals surface area contributed by atoms with Crippen molar-refractivity contribution in [2.75, 3.05) is 5.75 Å². The van der Waals surface area contributed by atoms with Crippen LogP contribution in [0.5, 0.6) is 0 Å². The number of hydrogen-bond acceptors (Lipinski definition) is 3. The molecular formula is C23H27Cl2FN2O2S. The quantitative estimate of drug-likeness (QED) is 0.470. The average molecular weight is 485 g/mol. The van der Waals surface area contributed by atoms with Crippen molar-refractivity contribution >= 4 is 46.8 Å². The highest BCUT2D eigenvalue weighted by molar-refractivity contribution is 7.99. The minimum Gasteiger partial charge on any atom is -0.352 e. The molecule has 0 heterocycles. The largest absolute Gasteiger partial charge is 0.352 e. The van der Waals surface area contributed by atoms with Crippen molar-refractivity contribution in [2.24, 2.45) is 0 Å². The second-order valence-corrected chi connectivity index (χ2v) is 9.20. The summed E-state index contributed by atoms with van der Waals surface area (Å²) in [6, 6.07) is 10.6. The van der Waals surface area contributed by atoms with E-state index in [0.717, 1.165) is 12.0 Å². The zero-order chi connectivity index (χ0) is 23.0. The fourth-order valence-electron chi connectivity index (χ4n) is 2.80. The molecule has 8 heteroatoms. The number of thioether (sulfide) groups is 1. The molecular weight excluding hydrogens is 458 g/mol. The summed E-state index contributed by atoms with van der Waals surface area (Å²) in [4.78, 5) is 27.3. The normalized spacial score (nSPS) is 12.8. The summed E-state index contributed by atoms with van der Waals surface area (Å²) >= 11 is 13.7. The molecule has 2 aromatic rings. The molecule has 0 aliphatic rings. The molecule has 0 saturated heterocycles. The summed E-state index contributed by atoms with van der Waals surface area (Å²) in [5.41, 5.74) is 1.64. The van der Waals surface area contributed by atoms with Crippen LogP contribution in [0, 0.1) is 5.82 Å². The Morgan fingerprint density at radius 3 is 2.42 bits per heavy atom. The number of rotatable bonds is 10. The van der Waals surface area contributed by atoms with Crippen molar-refractivity contribution in [1.29, 1.82) is 0 Å². The number of nitrogens with one attached hydrogen (secondary N) is 1. The van der Waals surface area contributed by atoms with E-state index in [9.17, 15) is 14.0 Å². The lowest BCUT2D eigenvalue weighted by atomic mass is 10.1. The number of benzene rings is 2. The fourth-order valence-corrected chi connectivity index (χ4v) is 4.14. The van der Waals surface area contributed by atoms with Crippen molar-refractivity contribution in [2.45, 2.75) is 51.6 Å². The number of halogens is 3. The van der Waals surface area contributed by atoms with Crippen LogP contribution in [-0.4, -0.2) is 34.6 Å². The molecule has 2 rings (SSSR count). The van der Waals surface area contributed by atoms with Crippen molar-refractivity contribution in [1.82, 2.24) is 10.2 Å². The summed E-state index contributed by atoms with van der Waals surface area (Å²) in [7, 11) is 0. The van der Waals surface area contributed by atoms with E-state index in [0.29, 0.717) is 21.4 Å². The maximum Gasteiger partial charge on any atom is 0.242 e. The van der Waals surface area contributed by atoms with Gasteiger partial charge in [-0.05, 0) is 55.7 Å². The van der Waals surface area contributed by atoms with Gasteiger partial charge in [-0.15, -0.1) is 11.8 Å². The lowest BCUT2D eigenvalue weighted by Crippen LogP contribution is -2.50. The van der Waals surface area contributed by atoms with Crippen LogP contribution in [-0.2, 0) is 21.9 Å². The fraction of sp³-hybridized carbons (Fsp3) is 0.391. The summed E-state index contributed by atoms with van der Waals surface area (Å²) in [6.45, 7) is 5.81. The first-order chi connectivity index (χ1) is 14.7. The molecule has 0 fully saturated rings. The van der Waals surface area contributed by atoms with Gasteiger partial charge in [-0.1, -0.05) is 48.3 Å². The molecule has 0 spiro atoms. The van der Waals surface area contributed by atoms with Gasteiger partial charge in [-0.2, -0.15) is 0 Å². The predicted octanol–water partition coefficient (Wildman–Crippen LogP) is 5.70. The van der Waals surface area contributed by atoms with E-state index in [2.05, 4.69) is 5.32 Å². The van der Waals surface area contributed by atoms with Crippen LogP contribution in [0.25, 0.3) is 0 Å². The summed E-state index contributed by atoms with van der Waals surface area (Å²) < 4.78 is 13.1. The number of carbonyl (C=O) groups excluding carboxylic acids is 2. The molecule has 0 radical (unpaired) electrons. The third kappa shape index (κ3) is 8.02. The van der Waals surface area contributed by atoms with E-state index >= 15 is 0 Å². The highest BCUT2D eigenvalue weighted by Gasteiger charge is 2.27. The maximum atomic E-state index is 13.1. The zero-order valence-electron chi connectivity index (χ0n) is 17.8. The third-order valence-corrected chi connectivity index (χ3v) is 6.51. The van der Waals surface area contributed by atoms with Gasteiger partial charge in [0.2, 0.25) is 11.8 Å². The van der Waals surface area contributed by atoms with Gasteiger partial charge in [0.1, 0.15) is 11.9 Å². The van der Waals surface area contributed by atoms with Crippen LogP contribution in [0.1, 0.15) is 38.3 Å². The zero-order valence-corrected chi connectivity index (χ0v) is 20.2. The Bertz CT molecular complexity index is 896. The predicted molar refractivity (Wildman–Crippen MR) is 127 cm³/mol. The Hall–Kier alpha value is -1.76. The summed E-state index contributed by atoms with van der Waals surface area (Å²) in [5.74, 6) is 0.0664. The first-order valence-electron chi connectivity index (χ1n) is 10.1. The van der Waals surface area contributed by atoms with Crippen LogP contribution in [0.2, 0.25) is 10.0 Å². The van der Waals surface area contributed by atoms with E-state index in [1.807, 2.05) is 13.8 Å². The van der Waals surface area contributed by atoms with Crippen LogP contribution in [0.4, 0.5) is 4.39 Å². The standard InChI is InChI=1S/C23H27Cl2FN2O2S/c1-4-15(2)27-23(30)16(3)28(12-18-7-8-19(24)11-21(18)25)22(29)14-31-13-17-5-9-20(26)10-6-17/h5-11,15-16H,4,12-14H2,1-3H3,(H,27,30)/t15-,16+/m1/s1. The molecule has 2 amide bonds. The van der Waals surface area contributed by atoms with Crippen LogP contribution < -0.4 is 5.32 Å². The molecule has 168 valence electrons. The highest BCUT2D eigenvalue weighted by atomic mass is 35.5. The van der Waals surface area contributed by atoms with Crippen molar-refractivity contribution in [3.63, 3.8) is 0 Å². The molecule has 0 aliphatic carbocycles. The van der Waals surface area contributed by atoms with E-state index in [-0.39, 0.29) is 36.0 Å². The molecule has 0 unspecified atom stereocenters. The van der Waals surface area contributed by atoms with Gasteiger partial charge in [0, 0.05) is 28.4 Å². The second-order valence-electron chi connectivity index (χ2n) is 7.37. The molecule has 31 heavy (non-hydrogen) atoms. The highest BCUT2D eigenvalue weighted by Crippen LogP contribution is 2.24. The topological polar surface area (TPSA) is 49.4 Å². The molecule has 1 N–H and O–H groups in total. The number of amides is 2. The van der Waals surface area contributed by atoms with Crippen LogP contribution in [0.15, 0.2) is 42.5 Å². The maximum absolute atomic E-state index is 13.1. The Labute approximate surface area is 197 Å². The Morgan fingerprint density at radius 1 is 1.13 bits per heavy atom. The molecule has 2 atom stereocenters. The third-order valence-electron chi connectivity index (χ3n) is 4.93. The lowest BCUT2D eigenvalue weighted by Gasteiger charge is -2.30. The van der Waals surface area contributed by atoms with Crippen molar-refractivity contribution < 1.29 is 14.0 Å². The molecule has 0 aromatic heterocycles. The monoisotopic (exact) mass is 484 g/mol. The van der Waals surface area contributed by atoms with Crippen LogP contribution >= 0.6 is 35.0 Å². The minimum atomic E-state index is -0.667. The van der Waals surface area contributed by atoms with E-state index < -0.39 is 6.04 Å². The number of nitrogens with zero attached hydrogens (tertiary/aromatic N) is 1. The number of carbonyl (C=O) groups is 2. The molecule has 2 aromatic carbocycles. The van der Waals surface area contributed by atoms with Gasteiger partial charge < -0.3 is 10.2 Å². The Kier molecular flexibility index (Phi) is 10.1. The SMILES string of the molecule is CC[C@@H](C)NC(=O)[C@H](C)N(Cc1ccc(Cl)cc1Cl)C(=O)CSCc1ccc(F)cc1. The van der Waals surface area contributed by atoms with Crippen molar-refractivity contribution in [3.8, 4) is 0 Å². The van der Waals surface area contributed by atoms with Gasteiger partial charge in [-0.25, -0.2) is 4.39 Å². The Morgan fingerprint density at radius 2 is 1.81 bits per heavy atom. The van der Waals surface area contributed by atoms with Gasteiger partial charge in [0.15, 0.2) is 0 Å². The van der Waals surface area contributed by atoms with E-state index in [1.165, 1.54) is 28.8 Å². The molecule has 0 saturated carbocycles. The first kappa shape index (κ1) is 25.5. The summed E-state index contributed by atoms with van der Waals surface area (Å²) in [6.07, 6.45) is 0.795. The van der Waals surface area contributed by atoms with E-state index in [4.69, 9.17) is 23.2 Å². The van der Waals surface area contributed by atoms with Gasteiger partial charge in [0.05, 0.1) is 5.75 Å². The molecule has 4 nitrogen and oxygen atoms in total. The van der Waals surface area contributed by atoms with Crippen LogP contribution in [0.3, 0.4) is 0 Å². The average Bonchev–Trinajstić information content (AvgIpc) is 2.73.